The molecule has 0 bridgehead atoms. The van der Waals surface area contributed by atoms with E-state index in [1.165, 1.54) is 0 Å². The SMILES string of the molecule is COc1ccccc1CCNc1cnnc(Nc2ccc(Cl)c(Cl)c2)n1. The van der Waals surface area contributed by atoms with Gasteiger partial charge in [0.05, 0.1) is 23.4 Å². The molecule has 8 heteroatoms. The zero-order valence-electron chi connectivity index (χ0n) is 14.0. The van der Waals surface area contributed by atoms with E-state index in [0.29, 0.717) is 28.4 Å². The van der Waals surface area contributed by atoms with Gasteiger partial charge in [-0.05, 0) is 36.2 Å². The number of anilines is 3. The summed E-state index contributed by atoms with van der Waals surface area (Å²) in [6, 6.07) is 13.1. The van der Waals surface area contributed by atoms with Crippen molar-refractivity contribution in [2.45, 2.75) is 6.42 Å². The number of nitrogens with zero attached hydrogens (tertiary/aromatic N) is 3. The molecule has 0 spiro atoms. The number of methoxy groups -OCH3 is 1. The number of nitrogens with one attached hydrogen (secondary N) is 2. The van der Waals surface area contributed by atoms with Crippen LogP contribution < -0.4 is 15.4 Å². The third-order valence-electron chi connectivity index (χ3n) is 3.63. The Balaban J connectivity index is 1.61. The quantitative estimate of drug-likeness (QED) is 0.615. The van der Waals surface area contributed by atoms with Crippen LogP contribution in [0.1, 0.15) is 5.56 Å². The average Bonchev–Trinajstić information content (AvgIpc) is 2.65. The average molecular weight is 390 g/mol. The van der Waals surface area contributed by atoms with E-state index in [4.69, 9.17) is 27.9 Å². The number of ether oxygens (including phenoxy) is 1. The number of aromatic nitrogens is 3. The highest BCUT2D eigenvalue weighted by atomic mass is 35.5. The number of halogens is 2. The Hall–Kier alpha value is -2.57. The van der Waals surface area contributed by atoms with Gasteiger partial charge in [0.15, 0.2) is 5.82 Å². The number of hydrogen-bond donors (Lipinski definition) is 2. The van der Waals surface area contributed by atoms with Crippen LogP contribution >= 0.6 is 23.2 Å². The molecule has 0 amide bonds. The molecular weight excluding hydrogens is 373 g/mol. The van der Waals surface area contributed by atoms with Gasteiger partial charge in [0.1, 0.15) is 5.75 Å². The monoisotopic (exact) mass is 389 g/mol. The summed E-state index contributed by atoms with van der Waals surface area (Å²) in [6.45, 7) is 0.686. The molecule has 2 aromatic carbocycles. The van der Waals surface area contributed by atoms with E-state index in [-0.39, 0.29) is 0 Å². The van der Waals surface area contributed by atoms with Crippen LogP contribution in [-0.4, -0.2) is 28.8 Å². The normalized spacial score (nSPS) is 10.4. The maximum atomic E-state index is 6.01. The lowest BCUT2D eigenvalue weighted by Crippen LogP contribution is -2.09. The number of para-hydroxylation sites is 1. The van der Waals surface area contributed by atoms with Crippen LogP contribution in [0.25, 0.3) is 0 Å². The second kappa shape index (κ2) is 8.69. The van der Waals surface area contributed by atoms with Crippen LogP contribution in [0.5, 0.6) is 5.75 Å². The van der Waals surface area contributed by atoms with Gasteiger partial charge in [0.25, 0.3) is 0 Å². The van der Waals surface area contributed by atoms with Crippen molar-refractivity contribution >= 4 is 40.7 Å². The van der Waals surface area contributed by atoms with Crippen molar-refractivity contribution in [1.82, 2.24) is 15.2 Å². The Kier molecular flexibility index (Phi) is 6.09. The third-order valence-corrected chi connectivity index (χ3v) is 4.37. The zero-order chi connectivity index (χ0) is 18.4. The van der Waals surface area contributed by atoms with Crippen molar-refractivity contribution in [3.63, 3.8) is 0 Å². The summed E-state index contributed by atoms with van der Waals surface area (Å²) < 4.78 is 5.36. The van der Waals surface area contributed by atoms with E-state index < -0.39 is 0 Å². The highest BCUT2D eigenvalue weighted by Gasteiger charge is 2.05. The van der Waals surface area contributed by atoms with Gasteiger partial charge in [-0.1, -0.05) is 41.4 Å². The molecule has 0 unspecified atom stereocenters. The fourth-order valence-corrected chi connectivity index (χ4v) is 2.68. The first-order valence-electron chi connectivity index (χ1n) is 7.93. The Bertz CT molecular complexity index is 891. The van der Waals surface area contributed by atoms with Crippen LogP contribution in [0.4, 0.5) is 17.5 Å². The highest BCUT2D eigenvalue weighted by Crippen LogP contribution is 2.26. The first-order valence-corrected chi connectivity index (χ1v) is 8.69. The van der Waals surface area contributed by atoms with Gasteiger partial charge in [-0.3, -0.25) is 0 Å². The minimum Gasteiger partial charge on any atom is -0.496 e. The summed E-state index contributed by atoms with van der Waals surface area (Å²) in [7, 11) is 1.67. The standard InChI is InChI=1S/C18H17Cl2N5O/c1-26-16-5-3-2-4-12(16)8-9-21-17-11-22-25-18(24-17)23-13-6-7-14(19)15(20)10-13/h2-7,10-11H,8-9H2,1H3,(H2,21,23,24,25). The molecule has 6 nitrogen and oxygen atoms in total. The summed E-state index contributed by atoms with van der Waals surface area (Å²) in [5.41, 5.74) is 1.85. The maximum Gasteiger partial charge on any atom is 0.249 e. The molecule has 1 heterocycles. The molecule has 134 valence electrons. The van der Waals surface area contributed by atoms with Crippen LogP contribution in [0.3, 0.4) is 0 Å². The molecule has 3 rings (SSSR count). The van der Waals surface area contributed by atoms with Crippen molar-refractivity contribution in [2.24, 2.45) is 0 Å². The van der Waals surface area contributed by atoms with Crippen molar-refractivity contribution < 1.29 is 4.74 Å². The molecule has 0 aliphatic rings. The smallest absolute Gasteiger partial charge is 0.249 e. The number of rotatable bonds is 7. The Morgan fingerprint density at radius 3 is 2.73 bits per heavy atom. The molecule has 0 atom stereocenters. The second-order valence-electron chi connectivity index (χ2n) is 5.41. The van der Waals surface area contributed by atoms with Crippen LogP contribution in [-0.2, 0) is 6.42 Å². The topological polar surface area (TPSA) is 72.0 Å². The van der Waals surface area contributed by atoms with Gasteiger partial charge in [-0.15, -0.1) is 5.10 Å². The van der Waals surface area contributed by atoms with E-state index in [9.17, 15) is 0 Å². The van der Waals surface area contributed by atoms with E-state index in [2.05, 4.69) is 25.8 Å². The lowest BCUT2D eigenvalue weighted by molar-refractivity contribution is 0.410. The molecule has 0 radical (unpaired) electrons. The largest absolute Gasteiger partial charge is 0.496 e. The van der Waals surface area contributed by atoms with Crippen molar-refractivity contribution in [3.8, 4) is 5.75 Å². The summed E-state index contributed by atoms with van der Waals surface area (Å²) >= 11 is 11.9. The lowest BCUT2D eigenvalue weighted by atomic mass is 10.1. The van der Waals surface area contributed by atoms with Gasteiger partial charge in [-0.2, -0.15) is 10.1 Å². The van der Waals surface area contributed by atoms with Crippen LogP contribution in [0.2, 0.25) is 10.0 Å². The molecule has 0 fully saturated rings. The summed E-state index contributed by atoms with van der Waals surface area (Å²) in [6.07, 6.45) is 2.37. The summed E-state index contributed by atoms with van der Waals surface area (Å²) in [4.78, 5) is 4.39. The summed E-state index contributed by atoms with van der Waals surface area (Å²) in [5, 5.41) is 15.2. The van der Waals surface area contributed by atoms with Gasteiger partial charge < -0.3 is 15.4 Å². The van der Waals surface area contributed by atoms with Crippen molar-refractivity contribution in [1.29, 1.82) is 0 Å². The molecule has 0 saturated heterocycles. The van der Waals surface area contributed by atoms with E-state index in [1.807, 2.05) is 24.3 Å². The Morgan fingerprint density at radius 2 is 1.92 bits per heavy atom. The highest BCUT2D eigenvalue weighted by molar-refractivity contribution is 6.42. The van der Waals surface area contributed by atoms with Gasteiger partial charge in [0.2, 0.25) is 5.95 Å². The van der Waals surface area contributed by atoms with Crippen LogP contribution in [0, 0.1) is 0 Å². The predicted molar refractivity (Wildman–Crippen MR) is 105 cm³/mol. The first-order chi connectivity index (χ1) is 12.7. The molecular formula is C18H17Cl2N5O. The Labute approximate surface area is 161 Å². The predicted octanol–water partition coefficient (Wildman–Crippen LogP) is 4.59. The van der Waals surface area contributed by atoms with Gasteiger partial charge >= 0.3 is 0 Å². The Morgan fingerprint density at radius 1 is 1.08 bits per heavy atom. The lowest BCUT2D eigenvalue weighted by Gasteiger charge is -2.10. The molecule has 3 aromatic rings. The molecule has 0 saturated carbocycles. The van der Waals surface area contributed by atoms with E-state index in [0.717, 1.165) is 23.4 Å². The fraction of sp³-hybridized carbons (Fsp3) is 0.167. The number of benzene rings is 2. The summed E-state index contributed by atoms with van der Waals surface area (Å²) in [5.74, 6) is 1.86. The molecule has 26 heavy (non-hydrogen) atoms. The van der Waals surface area contributed by atoms with Gasteiger partial charge in [-0.25, -0.2) is 0 Å². The second-order valence-corrected chi connectivity index (χ2v) is 6.22. The van der Waals surface area contributed by atoms with Crippen LogP contribution in [0.15, 0.2) is 48.7 Å². The minimum absolute atomic E-state index is 0.366. The molecule has 0 aliphatic carbocycles. The molecule has 2 N–H and O–H groups in total. The third kappa shape index (κ3) is 4.74. The number of hydrogen-bond acceptors (Lipinski definition) is 6. The van der Waals surface area contributed by atoms with Crippen molar-refractivity contribution in [3.05, 3.63) is 64.3 Å². The minimum atomic E-state index is 0.366. The first kappa shape index (κ1) is 18.2. The van der Waals surface area contributed by atoms with Gasteiger partial charge in [0, 0.05) is 12.2 Å². The van der Waals surface area contributed by atoms with E-state index in [1.54, 1.807) is 31.5 Å². The zero-order valence-corrected chi connectivity index (χ0v) is 15.6. The van der Waals surface area contributed by atoms with Crippen molar-refractivity contribution in [2.75, 3.05) is 24.3 Å². The maximum absolute atomic E-state index is 6.01. The fourth-order valence-electron chi connectivity index (χ4n) is 2.38. The molecule has 0 aliphatic heterocycles. The van der Waals surface area contributed by atoms with E-state index >= 15 is 0 Å². The molecule has 1 aromatic heterocycles.